The van der Waals surface area contributed by atoms with Crippen molar-refractivity contribution in [3.05, 3.63) is 88.1 Å². The van der Waals surface area contributed by atoms with Gasteiger partial charge < -0.3 is 20.5 Å². The first-order valence-electron chi connectivity index (χ1n) is 10.7. The SMILES string of the molecule is C/C(=C(\CCO)SC(=O)c1c(F)cccc1Oc1ccccc1)N(C=O)Cc1cnc(C)nc1N. The number of rotatable bonds is 10. The van der Waals surface area contributed by atoms with Crippen LogP contribution in [0.3, 0.4) is 0 Å². The third kappa shape index (κ3) is 6.65. The van der Waals surface area contributed by atoms with Gasteiger partial charge in [0.15, 0.2) is 0 Å². The predicted molar refractivity (Wildman–Crippen MR) is 132 cm³/mol. The number of carbonyl (C=O) groups excluding carboxylic acids is 2. The fraction of sp³-hybridized carbons (Fsp3) is 0.200. The van der Waals surface area contributed by atoms with Gasteiger partial charge in [-0.1, -0.05) is 24.3 Å². The minimum absolute atomic E-state index is 0.0616. The normalized spacial score (nSPS) is 11.5. The molecule has 0 bridgehead atoms. The average Bonchev–Trinajstić information content (AvgIpc) is 2.83. The zero-order chi connectivity index (χ0) is 25.4. The molecule has 1 aromatic heterocycles. The summed E-state index contributed by atoms with van der Waals surface area (Å²) in [5.41, 5.74) is 6.64. The van der Waals surface area contributed by atoms with E-state index in [1.807, 2.05) is 6.07 Å². The molecule has 0 aliphatic rings. The molecule has 0 aliphatic heterocycles. The first-order valence-corrected chi connectivity index (χ1v) is 11.5. The topological polar surface area (TPSA) is 119 Å². The van der Waals surface area contributed by atoms with Crippen molar-refractivity contribution >= 4 is 29.1 Å². The summed E-state index contributed by atoms with van der Waals surface area (Å²) in [4.78, 5) is 35.0. The van der Waals surface area contributed by atoms with Crippen LogP contribution in [-0.2, 0) is 11.3 Å². The van der Waals surface area contributed by atoms with E-state index < -0.39 is 10.9 Å². The lowest BCUT2D eigenvalue weighted by Gasteiger charge is -2.22. The maximum absolute atomic E-state index is 14.8. The second-order valence-corrected chi connectivity index (χ2v) is 8.53. The second-order valence-electron chi connectivity index (χ2n) is 7.46. The molecule has 0 unspecified atom stereocenters. The van der Waals surface area contributed by atoms with Gasteiger partial charge in [0.1, 0.15) is 34.5 Å². The van der Waals surface area contributed by atoms with Gasteiger partial charge in [-0.25, -0.2) is 14.4 Å². The minimum atomic E-state index is -0.742. The Labute approximate surface area is 206 Å². The Morgan fingerprint density at radius 1 is 1.23 bits per heavy atom. The fourth-order valence-corrected chi connectivity index (χ4v) is 4.17. The van der Waals surface area contributed by atoms with Gasteiger partial charge in [0.05, 0.1) is 6.54 Å². The molecule has 3 aromatic rings. The summed E-state index contributed by atoms with van der Waals surface area (Å²) in [6, 6.07) is 12.8. The number of aryl methyl sites for hydroxylation is 1. The highest BCUT2D eigenvalue weighted by molar-refractivity contribution is 8.17. The van der Waals surface area contributed by atoms with Crippen LogP contribution in [0.5, 0.6) is 11.5 Å². The van der Waals surface area contributed by atoms with Gasteiger partial charge in [0.2, 0.25) is 11.5 Å². The van der Waals surface area contributed by atoms with Crippen LogP contribution in [0.4, 0.5) is 10.2 Å². The minimum Gasteiger partial charge on any atom is -0.456 e. The maximum atomic E-state index is 14.8. The Bertz CT molecular complexity index is 1240. The molecule has 3 N–H and O–H groups in total. The third-order valence-corrected chi connectivity index (χ3v) is 6.16. The summed E-state index contributed by atoms with van der Waals surface area (Å²) < 4.78 is 20.5. The molecule has 182 valence electrons. The van der Waals surface area contributed by atoms with Crippen LogP contribution in [0.2, 0.25) is 0 Å². The Kier molecular flexibility index (Phi) is 8.93. The highest BCUT2D eigenvalue weighted by Gasteiger charge is 2.23. The van der Waals surface area contributed by atoms with E-state index in [0.29, 0.717) is 34.1 Å². The Balaban J connectivity index is 1.90. The maximum Gasteiger partial charge on any atom is 0.230 e. The summed E-state index contributed by atoms with van der Waals surface area (Å²) in [6.07, 6.45) is 2.19. The van der Waals surface area contributed by atoms with Crippen molar-refractivity contribution in [2.24, 2.45) is 0 Å². The molecule has 1 amide bonds. The van der Waals surface area contributed by atoms with Gasteiger partial charge in [-0.2, -0.15) is 0 Å². The number of aliphatic hydroxyl groups is 1. The van der Waals surface area contributed by atoms with E-state index in [1.165, 1.54) is 29.3 Å². The fourth-order valence-electron chi connectivity index (χ4n) is 3.19. The van der Waals surface area contributed by atoms with E-state index in [9.17, 15) is 19.1 Å². The van der Waals surface area contributed by atoms with Crippen LogP contribution >= 0.6 is 11.8 Å². The van der Waals surface area contributed by atoms with Crippen LogP contribution in [0, 0.1) is 12.7 Å². The zero-order valence-corrected chi connectivity index (χ0v) is 20.1. The lowest BCUT2D eigenvalue weighted by atomic mass is 10.2. The highest BCUT2D eigenvalue weighted by Crippen LogP contribution is 2.35. The number of carbonyl (C=O) groups is 2. The number of amides is 1. The molecule has 0 atom stereocenters. The van der Waals surface area contributed by atoms with E-state index in [1.54, 1.807) is 38.1 Å². The number of nitrogens with two attached hydrogens (primary N) is 1. The standard InChI is InChI=1S/C25H25FN4O4S/c1-16(30(15-32)14-18-13-28-17(2)29-24(18)27)22(11-12-31)35-25(33)23-20(26)9-6-10-21(23)34-19-7-4-3-5-8-19/h3-10,13,15,31H,11-12,14H2,1-2H3,(H2,27,28,29)/b22-16-. The molecular formula is C25H25FN4O4S. The third-order valence-electron chi connectivity index (χ3n) is 5.03. The summed E-state index contributed by atoms with van der Waals surface area (Å²) >= 11 is 0.728. The monoisotopic (exact) mass is 496 g/mol. The largest absolute Gasteiger partial charge is 0.456 e. The summed E-state index contributed by atoms with van der Waals surface area (Å²) in [6.45, 7) is 3.11. The van der Waals surface area contributed by atoms with Crippen molar-refractivity contribution in [3.8, 4) is 11.5 Å². The van der Waals surface area contributed by atoms with Crippen molar-refractivity contribution < 1.29 is 23.8 Å². The number of nitrogens with zero attached hydrogens (tertiary/aromatic N) is 3. The van der Waals surface area contributed by atoms with E-state index in [-0.39, 0.29) is 36.7 Å². The second kappa shape index (κ2) is 12.1. The number of nitrogen functional groups attached to an aromatic ring is 1. The van der Waals surface area contributed by atoms with E-state index >= 15 is 0 Å². The van der Waals surface area contributed by atoms with Gasteiger partial charge in [-0.3, -0.25) is 9.59 Å². The van der Waals surface area contributed by atoms with Gasteiger partial charge >= 0.3 is 0 Å². The van der Waals surface area contributed by atoms with Gasteiger partial charge in [0, 0.05) is 35.4 Å². The molecular weight excluding hydrogens is 471 g/mol. The number of halogens is 1. The van der Waals surface area contributed by atoms with Crippen molar-refractivity contribution in [2.45, 2.75) is 26.8 Å². The van der Waals surface area contributed by atoms with Crippen LogP contribution in [0.15, 0.2) is 65.3 Å². The lowest BCUT2D eigenvalue weighted by molar-refractivity contribution is -0.116. The number of anilines is 1. The Morgan fingerprint density at radius 2 is 1.97 bits per heavy atom. The van der Waals surface area contributed by atoms with Crippen LogP contribution < -0.4 is 10.5 Å². The quantitative estimate of drug-likeness (QED) is 0.395. The molecule has 0 saturated carbocycles. The first kappa shape index (κ1) is 25.9. The number of allylic oxidation sites excluding steroid dienone is 1. The summed E-state index contributed by atoms with van der Waals surface area (Å²) in [7, 11) is 0. The molecule has 0 radical (unpaired) electrons. The van der Waals surface area contributed by atoms with E-state index in [2.05, 4.69) is 9.97 Å². The Hall–Kier alpha value is -3.76. The highest BCUT2D eigenvalue weighted by atomic mass is 32.2. The molecule has 2 aromatic carbocycles. The number of hydrogen-bond acceptors (Lipinski definition) is 8. The number of para-hydroxylation sites is 1. The molecule has 3 rings (SSSR count). The molecule has 0 fully saturated rings. The summed E-state index contributed by atoms with van der Waals surface area (Å²) in [5, 5.41) is 8.96. The molecule has 8 nitrogen and oxygen atoms in total. The number of ether oxygens (including phenoxy) is 1. The van der Waals surface area contributed by atoms with Crippen molar-refractivity contribution in [1.82, 2.24) is 14.9 Å². The molecule has 0 aliphatic carbocycles. The number of thioether (sulfide) groups is 1. The zero-order valence-electron chi connectivity index (χ0n) is 19.3. The van der Waals surface area contributed by atoms with E-state index in [0.717, 1.165) is 11.8 Å². The smallest absolute Gasteiger partial charge is 0.230 e. The Morgan fingerprint density at radius 3 is 2.63 bits per heavy atom. The molecule has 10 heteroatoms. The lowest BCUT2D eigenvalue weighted by Crippen LogP contribution is -2.22. The average molecular weight is 497 g/mol. The van der Waals surface area contributed by atoms with Gasteiger partial charge in [-0.15, -0.1) is 0 Å². The van der Waals surface area contributed by atoms with Crippen molar-refractivity contribution in [3.63, 3.8) is 0 Å². The van der Waals surface area contributed by atoms with Crippen LogP contribution in [0.25, 0.3) is 0 Å². The predicted octanol–water partition coefficient (Wildman–Crippen LogP) is 4.44. The number of benzene rings is 2. The van der Waals surface area contributed by atoms with Crippen LogP contribution in [0.1, 0.15) is 35.1 Å². The molecule has 0 spiro atoms. The molecule has 35 heavy (non-hydrogen) atoms. The van der Waals surface area contributed by atoms with Crippen molar-refractivity contribution in [2.75, 3.05) is 12.3 Å². The van der Waals surface area contributed by atoms with E-state index in [4.69, 9.17) is 10.5 Å². The number of hydrogen-bond donors (Lipinski definition) is 2. The number of aliphatic hydroxyl groups excluding tert-OH is 1. The van der Waals surface area contributed by atoms with Gasteiger partial charge in [0.25, 0.3) is 0 Å². The van der Waals surface area contributed by atoms with Gasteiger partial charge in [-0.05, 0) is 49.9 Å². The molecule has 1 heterocycles. The van der Waals surface area contributed by atoms with Crippen LogP contribution in [-0.4, -0.2) is 38.1 Å². The van der Waals surface area contributed by atoms with Crippen molar-refractivity contribution in [1.29, 1.82) is 0 Å². The molecule has 0 saturated heterocycles. The summed E-state index contributed by atoms with van der Waals surface area (Å²) in [5.74, 6) is 0.500. The first-order chi connectivity index (χ1) is 16.8. The number of aromatic nitrogens is 2.